The number of hydrogen-bond donors (Lipinski definition) is 3. The smallest absolute Gasteiger partial charge is 0.253 e. The van der Waals surface area contributed by atoms with Crippen molar-refractivity contribution in [3.63, 3.8) is 0 Å². The molecule has 0 radical (unpaired) electrons. The molecule has 9 heteroatoms. The number of hydrogen-bond acceptors (Lipinski definition) is 4. The van der Waals surface area contributed by atoms with E-state index in [9.17, 15) is 14.4 Å². The Balaban J connectivity index is 1.39. The van der Waals surface area contributed by atoms with Crippen molar-refractivity contribution in [1.29, 1.82) is 0 Å². The van der Waals surface area contributed by atoms with Gasteiger partial charge in [-0.05, 0) is 49.2 Å². The molecule has 0 bridgehead atoms. The van der Waals surface area contributed by atoms with E-state index in [1.165, 1.54) is 18.2 Å². The fourth-order valence-corrected chi connectivity index (χ4v) is 5.39. The average molecular weight is 492 g/mol. The topological polar surface area (TPSA) is 87.3 Å². The van der Waals surface area contributed by atoms with Crippen LogP contribution in [-0.2, 0) is 9.59 Å². The van der Waals surface area contributed by atoms with Crippen LogP contribution in [0.5, 0.6) is 0 Å². The SMILES string of the molecule is O=C(CC1Sc2ccc(Cl)cc2NC1=O)Nc1ccc(Cl)c(C(=O)NC2CCCCC2)c1. The molecule has 0 aromatic heterocycles. The van der Waals surface area contributed by atoms with Gasteiger partial charge in [-0.25, -0.2) is 0 Å². The van der Waals surface area contributed by atoms with E-state index in [4.69, 9.17) is 23.2 Å². The van der Waals surface area contributed by atoms with Crippen molar-refractivity contribution in [1.82, 2.24) is 5.32 Å². The van der Waals surface area contributed by atoms with Crippen LogP contribution in [-0.4, -0.2) is 29.0 Å². The third-order valence-corrected chi connectivity index (χ3v) is 7.41. The van der Waals surface area contributed by atoms with Gasteiger partial charge < -0.3 is 16.0 Å². The normalized spacial score (nSPS) is 18.4. The van der Waals surface area contributed by atoms with Gasteiger partial charge in [0.15, 0.2) is 0 Å². The Hall–Kier alpha value is -2.22. The first-order valence-electron chi connectivity index (χ1n) is 10.6. The van der Waals surface area contributed by atoms with Crippen molar-refractivity contribution in [2.24, 2.45) is 0 Å². The number of carbonyl (C=O) groups is 3. The van der Waals surface area contributed by atoms with Gasteiger partial charge in [0, 0.05) is 28.1 Å². The summed E-state index contributed by atoms with van der Waals surface area (Å²) in [4.78, 5) is 38.6. The lowest BCUT2D eigenvalue weighted by Gasteiger charge is -2.24. The van der Waals surface area contributed by atoms with Gasteiger partial charge in [0.05, 0.1) is 21.5 Å². The van der Waals surface area contributed by atoms with Gasteiger partial charge in [-0.3, -0.25) is 14.4 Å². The predicted octanol–water partition coefficient (Wildman–Crippen LogP) is 5.50. The van der Waals surface area contributed by atoms with Gasteiger partial charge >= 0.3 is 0 Å². The summed E-state index contributed by atoms with van der Waals surface area (Å²) in [6.45, 7) is 0. The van der Waals surface area contributed by atoms with Crippen LogP contribution in [0.4, 0.5) is 11.4 Å². The van der Waals surface area contributed by atoms with E-state index < -0.39 is 5.25 Å². The predicted molar refractivity (Wildman–Crippen MR) is 129 cm³/mol. The Bertz CT molecular complexity index is 1060. The van der Waals surface area contributed by atoms with Crippen LogP contribution in [0, 0.1) is 0 Å². The zero-order valence-electron chi connectivity index (χ0n) is 17.3. The largest absolute Gasteiger partial charge is 0.349 e. The highest BCUT2D eigenvalue weighted by molar-refractivity contribution is 8.01. The highest BCUT2D eigenvalue weighted by Crippen LogP contribution is 2.38. The van der Waals surface area contributed by atoms with Gasteiger partial charge in [0.2, 0.25) is 11.8 Å². The minimum atomic E-state index is -0.565. The van der Waals surface area contributed by atoms with E-state index >= 15 is 0 Å². The molecule has 1 unspecified atom stereocenters. The average Bonchev–Trinajstić information content (AvgIpc) is 2.76. The Morgan fingerprint density at radius 2 is 1.84 bits per heavy atom. The van der Waals surface area contributed by atoms with Crippen molar-refractivity contribution in [2.45, 2.75) is 54.7 Å². The first-order chi connectivity index (χ1) is 15.4. The van der Waals surface area contributed by atoms with Crippen molar-refractivity contribution in [3.8, 4) is 0 Å². The molecule has 3 amide bonds. The lowest BCUT2D eigenvalue weighted by molar-refractivity contribution is -0.120. The lowest BCUT2D eigenvalue weighted by Crippen LogP contribution is -2.36. The standard InChI is InChI=1S/C23H23Cl2N3O3S/c24-13-6-9-19-18(10-13)28-23(31)20(32-19)12-21(29)26-15-7-8-17(25)16(11-15)22(30)27-14-4-2-1-3-5-14/h6-11,14,20H,1-5,12H2,(H,26,29)(H,27,30)(H,28,31). The Labute approximate surface area is 200 Å². The van der Waals surface area contributed by atoms with E-state index in [1.54, 1.807) is 30.3 Å². The second kappa shape index (κ2) is 10.1. The molecule has 32 heavy (non-hydrogen) atoms. The van der Waals surface area contributed by atoms with Crippen molar-refractivity contribution < 1.29 is 14.4 Å². The van der Waals surface area contributed by atoms with E-state index in [1.807, 2.05) is 6.07 Å². The molecule has 4 rings (SSSR count). The molecule has 3 N–H and O–H groups in total. The van der Waals surface area contributed by atoms with Gasteiger partial charge in [-0.1, -0.05) is 42.5 Å². The lowest BCUT2D eigenvalue weighted by atomic mass is 9.95. The first-order valence-corrected chi connectivity index (χ1v) is 12.2. The summed E-state index contributed by atoms with van der Waals surface area (Å²) in [5.41, 5.74) is 1.43. The van der Waals surface area contributed by atoms with Crippen LogP contribution in [0.25, 0.3) is 0 Å². The van der Waals surface area contributed by atoms with Crippen molar-refractivity contribution >= 4 is 64.1 Å². The van der Waals surface area contributed by atoms with Crippen LogP contribution >= 0.6 is 35.0 Å². The summed E-state index contributed by atoms with van der Waals surface area (Å²) in [6, 6.07) is 10.2. The van der Waals surface area contributed by atoms with Crippen molar-refractivity contribution in [2.75, 3.05) is 10.6 Å². The number of rotatable bonds is 5. The highest BCUT2D eigenvalue weighted by atomic mass is 35.5. The number of thioether (sulfide) groups is 1. The van der Waals surface area contributed by atoms with Crippen LogP contribution in [0.1, 0.15) is 48.9 Å². The first kappa shape index (κ1) is 23.0. The van der Waals surface area contributed by atoms with Crippen LogP contribution in [0.15, 0.2) is 41.3 Å². The molecule has 1 heterocycles. The van der Waals surface area contributed by atoms with Gasteiger partial charge in [-0.2, -0.15) is 0 Å². The van der Waals surface area contributed by atoms with Crippen LogP contribution < -0.4 is 16.0 Å². The third-order valence-electron chi connectivity index (χ3n) is 5.57. The molecule has 1 saturated carbocycles. The maximum absolute atomic E-state index is 12.7. The highest BCUT2D eigenvalue weighted by Gasteiger charge is 2.29. The molecule has 6 nitrogen and oxygen atoms in total. The third kappa shape index (κ3) is 5.57. The molecule has 168 valence electrons. The summed E-state index contributed by atoms with van der Waals surface area (Å²) in [5.74, 6) is -0.810. The summed E-state index contributed by atoms with van der Waals surface area (Å²) in [5, 5.41) is 8.91. The van der Waals surface area contributed by atoms with E-state index in [2.05, 4.69) is 16.0 Å². The molecule has 1 atom stereocenters. The Kier molecular flexibility index (Phi) is 7.28. The van der Waals surface area contributed by atoms with E-state index in [0.717, 1.165) is 30.6 Å². The number of amides is 3. The van der Waals surface area contributed by atoms with Gasteiger partial charge in [-0.15, -0.1) is 11.8 Å². The summed E-state index contributed by atoms with van der Waals surface area (Å²) < 4.78 is 0. The summed E-state index contributed by atoms with van der Waals surface area (Å²) in [7, 11) is 0. The molecular formula is C23H23Cl2N3O3S. The fraction of sp³-hybridized carbons (Fsp3) is 0.348. The minimum absolute atomic E-state index is 0.00913. The maximum Gasteiger partial charge on any atom is 0.253 e. The number of nitrogens with one attached hydrogen (secondary N) is 3. The second-order valence-corrected chi connectivity index (χ2v) is 10.1. The zero-order chi connectivity index (χ0) is 22.7. The number of benzene rings is 2. The number of fused-ring (bicyclic) bond motifs is 1. The van der Waals surface area contributed by atoms with Gasteiger partial charge in [0.1, 0.15) is 0 Å². The van der Waals surface area contributed by atoms with Gasteiger partial charge in [0.25, 0.3) is 5.91 Å². The molecule has 0 spiro atoms. The van der Waals surface area contributed by atoms with Crippen molar-refractivity contribution in [3.05, 3.63) is 52.0 Å². The molecule has 1 fully saturated rings. The number of halogens is 2. The van der Waals surface area contributed by atoms with E-state index in [-0.39, 0.29) is 30.2 Å². The number of carbonyl (C=O) groups excluding carboxylic acids is 3. The molecule has 2 aliphatic rings. The molecule has 2 aromatic carbocycles. The summed E-state index contributed by atoms with van der Waals surface area (Å²) in [6.07, 6.45) is 5.35. The molecule has 1 aliphatic heterocycles. The zero-order valence-corrected chi connectivity index (χ0v) is 19.6. The maximum atomic E-state index is 12.7. The monoisotopic (exact) mass is 491 g/mol. The molecule has 1 aliphatic carbocycles. The van der Waals surface area contributed by atoms with Crippen LogP contribution in [0.2, 0.25) is 10.0 Å². The molecule has 0 saturated heterocycles. The molecular weight excluding hydrogens is 469 g/mol. The fourth-order valence-electron chi connectivity index (χ4n) is 3.92. The van der Waals surface area contributed by atoms with Crippen LogP contribution in [0.3, 0.4) is 0 Å². The summed E-state index contributed by atoms with van der Waals surface area (Å²) >= 11 is 13.5. The van der Waals surface area contributed by atoms with E-state index in [0.29, 0.717) is 27.0 Å². The Morgan fingerprint density at radius 3 is 2.62 bits per heavy atom. The Morgan fingerprint density at radius 1 is 1.06 bits per heavy atom. The quantitative estimate of drug-likeness (QED) is 0.515. The second-order valence-electron chi connectivity index (χ2n) is 7.99. The number of anilines is 2. The molecule has 2 aromatic rings. The minimum Gasteiger partial charge on any atom is -0.349 e.